The van der Waals surface area contributed by atoms with Gasteiger partial charge in [0.1, 0.15) is 17.1 Å². The standard InChI is InChI=1S/C17H30N2O3S/c1-13(2)19(16(20)22-17(3,4)5)10-9-18-11-14-7-8-15(21-14)12-23-6/h7-8,13,18H,9-12H2,1-6H3. The first-order valence-corrected chi connectivity index (χ1v) is 9.39. The first-order chi connectivity index (χ1) is 10.7. The van der Waals surface area contributed by atoms with E-state index in [2.05, 4.69) is 11.6 Å². The van der Waals surface area contributed by atoms with Crippen molar-refractivity contribution in [2.24, 2.45) is 0 Å². The van der Waals surface area contributed by atoms with E-state index in [1.165, 1.54) is 0 Å². The lowest BCUT2D eigenvalue weighted by atomic mass is 10.2. The molecule has 0 aromatic carbocycles. The highest BCUT2D eigenvalue weighted by molar-refractivity contribution is 7.97. The molecule has 23 heavy (non-hydrogen) atoms. The number of nitrogens with one attached hydrogen (secondary N) is 1. The lowest BCUT2D eigenvalue weighted by molar-refractivity contribution is 0.0193. The molecule has 5 nitrogen and oxygen atoms in total. The molecule has 1 aromatic rings. The van der Waals surface area contributed by atoms with Gasteiger partial charge in [0.15, 0.2) is 0 Å². The monoisotopic (exact) mass is 342 g/mol. The van der Waals surface area contributed by atoms with E-state index in [9.17, 15) is 4.79 Å². The average Bonchev–Trinajstić information content (AvgIpc) is 2.84. The summed E-state index contributed by atoms with van der Waals surface area (Å²) in [4.78, 5) is 13.9. The second-order valence-electron chi connectivity index (χ2n) is 6.75. The molecule has 0 atom stereocenters. The molecule has 1 heterocycles. The van der Waals surface area contributed by atoms with Gasteiger partial charge in [-0.25, -0.2) is 4.79 Å². The Bertz CT molecular complexity index is 480. The number of carbonyl (C=O) groups excluding carboxylic acids is 1. The number of amides is 1. The fraction of sp³-hybridized carbons (Fsp3) is 0.706. The van der Waals surface area contributed by atoms with Crippen molar-refractivity contribution in [2.75, 3.05) is 19.3 Å². The minimum absolute atomic E-state index is 0.100. The normalized spacial score (nSPS) is 11.8. The molecule has 0 saturated carbocycles. The molecule has 1 aromatic heterocycles. The topological polar surface area (TPSA) is 54.7 Å². The van der Waals surface area contributed by atoms with Crippen LogP contribution in [0.4, 0.5) is 4.79 Å². The minimum atomic E-state index is -0.473. The maximum atomic E-state index is 12.2. The minimum Gasteiger partial charge on any atom is -0.464 e. The molecule has 0 bridgehead atoms. The third-order valence-corrected chi connectivity index (χ3v) is 3.66. The van der Waals surface area contributed by atoms with Crippen molar-refractivity contribution in [3.63, 3.8) is 0 Å². The summed E-state index contributed by atoms with van der Waals surface area (Å²) in [6.07, 6.45) is 1.78. The average molecular weight is 343 g/mol. The summed E-state index contributed by atoms with van der Waals surface area (Å²) >= 11 is 1.74. The van der Waals surface area contributed by atoms with Crippen LogP contribution >= 0.6 is 11.8 Å². The summed E-state index contributed by atoms with van der Waals surface area (Å²) in [5, 5.41) is 3.31. The van der Waals surface area contributed by atoms with E-state index in [1.807, 2.05) is 46.8 Å². The molecule has 0 saturated heterocycles. The summed E-state index contributed by atoms with van der Waals surface area (Å²) in [6.45, 7) is 11.6. The molecule has 1 rings (SSSR count). The van der Waals surface area contributed by atoms with Gasteiger partial charge < -0.3 is 19.4 Å². The Labute approximate surface area is 144 Å². The molecule has 0 aliphatic carbocycles. The number of nitrogens with zero attached hydrogens (tertiary/aromatic N) is 1. The van der Waals surface area contributed by atoms with E-state index in [1.54, 1.807) is 16.7 Å². The van der Waals surface area contributed by atoms with Crippen molar-refractivity contribution in [3.8, 4) is 0 Å². The molecule has 0 aliphatic rings. The highest BCUT2D eigenvalue weighted by Gasteiger charge is 2.23. The van der Waals surface area contributed by atoms with Crippen LogP contribution in [0.5, 0.6) is 0 Å². The lowest BCUT2D eigenvalue weighted by Crippen LogP contribution is -2.44. The van der Waals surface area contributed by atoms with Crippen molar-refractivity contribution >= 4 is 17.9 Å². The summed E-state index contributed by atoms with van der Waals surface area (Å²) in [6, 6.07) is 4.10. The number of furan rings is 1. The fourth-order valence-electron chi connectivity index (χ4n) is 2.03. The Morgan fingerprint density at radius 1 is 1.35 bits per heavy atom. The fourth-order valence-corrected chi connectivity index (χ4v) is 2.47. The zero-order valence-corrected chi connectivity index (χ0v) is 16.0. The zero-order chi connectivity index (χ0) is 17.5. The van der Waals surface area contributed by atoms with Gasteiger partial charge in [-0.1, -0.05) is 0 Å². The van der Waals surface area contributed by atoms with E-state index in [4.69, 9.17) is 9.15 Å². The molecular formula is C17H30N2O3S. The van der Waals surface area contributed by atoms with Crippen LogP contribution in [0, 0.1) is 0 Å². The maximum Gasteiger partial charge on any atom is 0.410 e. The molecule has 0 fully saturated rings. The van der Waals surface area contributed by atoms with Gasteiger partial charge in [0.2, 0.25) is 0 Å². The van der Waals surface area contributed by atoms with E-state index < -0.39 is 5.60 Å². The molecule has 0 unspecified atom stereocenters. The predicted octanol–water partition coefficient (Wildman–Crippen LogP) is 3.88. The zero-order valence-electron chi connectivity index (χ0n) is 15.1. The second kappa shape index (κ2) is 9.23. The van der Waals surface area contributed by atoms with Crippen LogP contribution in [0.1, 0.15) is 46.1 Å². The van der Waals surface area contributed by atoms with Crippen molar-refractivity contribution in [1.82, 2.24) is 10.2 Å². The van der Waals surface area contributed by atoms with Crippen LogP contribution in [0.15, 0.2) is 16.5 Å². The van der Waals surface area contributed by atoms with Gasteiger partial charge in [0.25, 0.3) is 0 Å². The van der Waals surface area contributed by atoms with Crippen LogP contribution in [0.25, 0.3) is 0 Å². The van der Waals surface area contributed by atoms with Gasteiger partial charge in [-0.05, 0) is 53.0 Å². The number of thioether (sulfide) groups is 1. The molecule has 0 radical (unpaired) electrons. The second-order valence-corrected chi connectivity index (χ2v) is 7.61. The predicted molar refractivity (Wildman–Crippen MR) is 95.7 cm³/mol. The first-order valence-electron chi connectivity index (χ1n) is 8.00. The number of hydrogen-bond donors (Lipinski definition) is 1. The molecule has 132 valence electrons. The Balaban J connectivity index is 2.39. The van der Waals surface area contributed by atoms with E-state index in [0.717, 1.165) is 17.3 Å². The van der Waals surface area contributed by atoms with Gasteiger partial charge in [-0.15, -0.1) is 0 Å². The van der Waals surface area contributed by atoms with Gasteiger partial charge in [0, 0.05) is 19.1 Å². The number of hydrogen-bond acceptors (Lipinski definition) is 5. The Morgan fingerprint density at radius 3 is 2.57 bits per heavy atom. The van der Waals surface area contributed by atoms with Crippen molar-refractivity contribution in [3.05, 3.63) is 23.7 Å². The molecule has 0 spiro atoms. The smallest absolute Gasteiger partial charge is 0.410 e. The van der Waals surface area contributed by atoms with Crippen molar-refractivity contribution in [2.45, 2.75) is 58.6 Å². The molecular weight excluding hydrogens is 312 g/mol. The Morgan fingerprint density at radius 2 is 2.00 bits per heavy atom. The summed E-state index contributed by atoms with van der Waals surface area (Å²) in [7, 11) is 0. The van der Waals surface area contributed by atoms with Crippen molar-refractivity contribution in [1.29, 1.82) is 0 Å². The van der Waals surface area contributed by atoms with Crippen LogP contribution in [0.2, 0.25) is 0 Å². The summed E-state index contributed by atoms with van der Waals surface area (Å²) in [5.74, 6) is 2.80. The van der Waals surface area contributed by atoms with E-state index in [0.29, 0.717) is 19.6 Å². The largest absolute Gasteiger partial charge is 0.464 e. The van der Waals surface area contributed by atoms with Crippen LogP contribution < -0.4 is 5.32 Å². The van der Waals surface area contributed by atoms with E-state index >= 15 is 0 Å². The molecule has 6 heteroatoms. The van der Waals surface area contributed by atoms with Gasteiger partial charge >= 0.3 is 6.09 Å². The van der Waals surface area contributed by atoms with Crippen molar-refractivity contribution < 1.29 is 13.9 Å². The maximum absolute atomic E-state index is 12.2. The lowest BCUT2D eigenvalue weighted by Gasteiger charge is -2.30. The summed E-state index contributed by atoms with van der Waals surface area (Å²) < 4.78 is 11.1. The number of rotatable bonds is 8. The third kappa shape index (κ3) is 7.79. The Hall–Kier alpha value is -1.14. The quantitative estimate of drug-likeness (QED) is 0.727. The van der Waals surface area contributed by atoms with Gasteiger partial charge in [-0.3, -0.25) is 0 Å². The first kappa shape index (κ1) is 19.9. The Kier molecular flexibility index (Phi) is 7.99. The molecule has 0 aliphatic heterocycles. The number of carbonyl (C=O) groups is 1. The SMILES string of the molecule is CSCc1ccc(CNCCN(C(=O)OC(C)(C)C)C(C)C)o1. The van der Waals surface area contributed by atoms with Gasteiger partial charge in [0.05, 0.1) is 12.3 Å². The van der Waals surface area contributed by atoms with Crippen LogP contribution in [-0.2, 0) is 17.0 Å². The summed E-state index contributed by atoms with van der Waals surface area (Å²) in [5.41, 5.74) is -0.473. The molecule has 1 N–H and O–H groups in total. The highest BCUT2D eigenvalue weighted by atomic mass is 32.2. The van der Waals surface area contributed by atoms with E-state index in [-0.39, 0.29) is 12.1 Å². The van der Waals surface area contributed by atoms with Crippen LogP contribution in [0.3, 0.4) is 0 Å². The molecule has 1 amide bonds. The van der Waals surface area contributed by atoms with Gasteiger partial charge in [-0.2, -0.15) is 11.8 Å². The highest BCUT2D eigenvalue weighted by Crippen LogP contribution is 2.13. The third-order valence-electron chi connectivity index (χ3n) is 3.08. The van der Waals surface area contributed by atoms with Crippen LogP contribution in [-0.4, -0.2) is 42.0 Å². The number of ether oxygens (including phenoxy) is 1.